The van der Waals surface area contributed by atoms with E-state index in [2.05, 4.69) is 20.2 Å². The number of carbonyl (C=O) groups is 1. The van der Waals surface area contributed by atoms with Crippen molar-refractivity contribution in [2.45, 2.75) is 52.3 Å². The maximum atomic E-state index is 12.6. The Balaban J connectivity index is 2.26. The van der Waals surface area contributed by atoms with Crippen LogP contribution in [0.4, 0.5) is 13.6 Å². The van der Waals surface area contributed by atoms with Crippen molar-refractivity contribution < 1.29 is 18.3 Å². The van der Waals surface area contributed by atoms with Gasteiger partial charge in [-0.25, -0.2) is 23.5 Å². The zero-order chi connectivity index (χ0) is 19.3. The maximum absolute atomic E-state index is 12.6. The molecule has 0 radical (unpaired) electrons. The SMILES string of the molecule is C[C@H](c1ncccn1)N(Cc1ccc(C(F)F)nn1)C(=O)OC(C)(C)C. The van der Waals surface area contributed by atoms with Gasteiger partial charge in [-0.15, -0.1) is 5.10 Å². The summed E-state index contributed by atoms with van der Waals surface area (Å²) < 4.78 is 30.7. The van der Waals surface area contributed by atoms with E-state index in [9.17, 15) is 13.6 Å². The van der Waals surface area contributed by atoms with Crippen molar-refractivity contribution in [1.82, 2.24) is 25.1 Å². The van der Waals surface area contributed by atoms with E-state index in [0.717, 1.165) is 0 Å². The van der Waals surface area contributed by atoms with Crippen LogP contribution in [0.15, 0.2) is 30.6 Å². The van der Waals surface area contributed by atoms with Crippen LogP contribution in [0.1, 0.15) is 57.4 Å². The smallest absolute Gasteiger partial charge is 0.411 e. The summed E-state index contributed by atoms with van der Waals surface area (Å²) in [7, 11) is 0. The summed E-state index contributed by atoms with van der Waals surface area (Å²) in [5, 5.41) is 7.26. The normalized spacial score (nSPS) is 12.7. The van der Waals surface area contributed by atoms with Crippen molar-refractivity contribution in [3.63, 3.8) is 0 Å². The molecule has 2 aromatic heterocycles. The molecule has 0 unspecified atom stereocenters. The molecule has 0 bridgehead atoms. The highest BCUT2D eigenvalue weighted by atomic mass is 19.3. The maximum Gasteiger partial charge on any atom is 0.411 e. The van der Waals surface area contributed by atoms with Crippen LogP contribution in [0.3, 0.4) is 0 Å². The molecule has 0 N–H and O–H groups in total. The van der Waals surface area contributed by atoms with Crippen LogP contribution in [0, 0.1) is 0 Å². The Bertz CT molecular complexity index is 720. The van der Waals surface area contributed by atoms with Gasteiger partial charge < -0.3 is 4.74 Å². The molecule has 0 aliphatic rings. The standard InChI is InChI=1S/C17H21F2N5O2/c1-11(15-20-8-5-9-21-15)24(16(25)26-17(2,3)4)10-12-6-7-13(14(18)19)23-22-12/h5-9,11,14H,10H2,1-4H3/t11-/m1/s1. The van der Waals surface area contributed by atoms with Crippen LogP contribution in [0.2, 0.25) is 0 Å². The van der Waals surface area contributed by atoms with Gasteiger partial charge in [0.15, 0.2) is 5.82 Å². The summed E-state index contributed by atoms with van der Waals surface area (Å²) in [5.74, 6) is 0.426. The Kier molecular flexibility index (Phi) is 6.12. The fraction of sp³-hybridized carbons (Fsp3) is 0.471. The van der Waals surface area contributed by atoms with Crippen molar-refractivity contribution in [2.24, 2.45) is 0 Å². The highest BCUT2D eigenvalue weighted by molar-refractivity contribution is 5.68. The van der Waals surface area contributed by atoms with Crippen LogP contribution in [-0.2, 0) is 11.3 Å². The first-order valence-corrected chi connectivity index (χ1v) is 8.04. The van der Waals surface area contributed by atoms with Crippen LogP contribution in [-0.4, -0.2) is 36.8 Å². The molecule has 0 aromatic carbocycles. The second kappa shape index (κ2) is 8.11. The Labute approximate surface area is 150 Å². The van der Waals surface area contributed by atoms with E-state index in [1.54, 1.807) is 46.2 Å². The second-order valence-corrected chi connectivity index (χ2v) is 6.64. The first kappa shape index (κ1) is 19.6. The van der Waals surface area contributed by atoms with E-state index in [4.69, 9.17) is 4.74 Å². The van der Waals surface area contributed by atoms with E-state index >= 15 is 0 Å². The Morgan fingerprint density at radius 3 is 2.35 bits per heavy atom. The molecule has 1 atom stereocenters. The van der Waals surface area contributed by atoms with E-state index in [0.29, 0.717) is 11.5 Å². The summed E-state index contributed by atoms with van der Waals surface area (Å²) in [6, 6.07) is 3.75. The number of alkyl halides is 2. The Morgan fingerprint density at radius 2 is 1.85 bits per heavy atom. The highest BCUT2D eigenvalue weighted by Gasteiger charge is 2.29. The first-order chi connectivity index (χ1) is 12.2. The average Bonchev–Trinajstić information content (AvgIpc) is 2.58. The van der Waals surface area contributed by atoms with E-state index in [1.165, 1.54) is 17.0 Å². The minimum Gasteiger partial charge on any atom is -0.444 e. The van der Waals surface area contributed by atoms with Crippen LogP contribution < -0.4 is 0 Å². The van der Waals surface area contributed by atoms with Crippen LogP contribution >= 0.6 is 0 Å². The summed E-state index contributed by atoms with van der Waals surface area (Å²) in [6.07, 6.45) is -0.139. The molecule has 140 valence electrons. The Morgan fingerprint density at radius 1 is 1.19 bits per heavy atom. The van der Waals surface area contributed by atoms with Gasteiger partial charge in [0.1, 0.15) is 11.3 Å². The minimum atomic E-state index is -2.70. The number of amides is 1. The fourth-order valence-corrected chi connectivity index (χ4v) is 2.09. The number of aromatic nitrogens is 4. The molecule has 2 aromatic rings. The summed E-state index contributed by atoms with van der Waals surface area (Å²) in [5.41, 5.74) is -0.766. The lowest BCUT2D eigenvalue weighted by Gasteiger charge is -2.30. The van der Waals surface area contributed by atoms with Gasteiger partial charge in [-0.1, -0.05) is 0 Å². The number of carbonyl (C=O) groups excluding carboxylic acids is 1. The third kappa shape index (κ3) is 5.40. The molecule has 0 aliphatic carbocycles. The highest BCUT2D eigenvalue weighted by Crippen LogP contribution is 2.22. The Hall–Kier alpha value is -2.71. The van der Waals surface area contributed by atoms with E-state index in [-0.39, 0.29) is 6.54 Å². The second-order valence-electron chi connectivity index (χ2n) is 6.64. The van der Waals surface area contributed by atoms with E-state index in [1.807, 2.05) is 0 Å². The molecule has 0 aliphatic heterocycles. The fourth-order valence-electron chi connectivity index (χ4n) is 2.09. The molecule has 0 saturated heterocycles. The number of rotatable bonds is 5. The van der Waals surface area contributed by atoms with Crippen LogP contribution in [0.5, 0.6) is 0 Å². The monoisotopic (exact) mass is 365 g/mol. The molecule has 1 amide bonds. The molecule has 2 heterocycles. The minimum absolute atomic E-state index is 0.0187. The molecule has 2 rings (SSSR count). The number of halogens is 2. The first-order valence-electron chi connectivity index (χ1n) is 8.04. The summed E-state index contributed by atoms with van der Waals surface area (Å²) in [6.45, 7) is 7.03. The predicted molar refractivity (Wildman–Crippen MR) is 89.2 cm³/mol. The van der Waals surface area contributed by atoms with Crippen molar-refractivity contribution in [3.8, 4) is 0 Å². The zero-order valence-corrected chi connectivity index (χ0v) is 15.1. The third-order valence-corrected chi connectivity index (χ3v) is 3.35. The van der Waals surface area contributed by atoms with Gasteiger partial charge in [0.25, 0.3) is 6.43 Å². The van der Waals surface area contributed by atoms with Gasteiger partial charge in [0.05, 0.1) is 18.3 Å². The van der Waals surface area contributed by atoms with Gasteiger partial charge >= 0.3 is 6.09 Å². The van der Waals surface area contributed by atoms with Gasteiger partial charge in [-0.2, -0.15) is 5.10 Å². The summed E-state index contributed by atoms with van der Waals surface area (Å²) >= 11 is 0. The summed E-state index contributed by atoms with van der Waals surface area (Å²) in [4.78, 5) is 22.3. The lowest BCUT2D eigenvalue weighted by atomic mass is 10.2. The topological polar surface area (TPSA) is 81.1 Å². The number of hydrogen-bond acceptors (Lipinski definition) is 6. The van der Waals surface area contributed by atoms with Crippen molar-refractivity contribution in [2.75, 3.05) is 0 Å². The van der Waals surface area contributed by atoms with Gasteiger partial charge in [-0.3, -0.25) is 4.90 Å². The predicted octanol–water partition coefficient (Wildman–Crippen LogP) is 3.70. The molecule has 0 saturated carbocycles. The lowest BCUT2D eigenvalue weighted by molar-refractivity contribution is 0.0141. The molecule has 0 fully saturated rings. The third-order valence-electron chi connectivity index (χ3n) is 3.35. The molecular formula is C17H21F2N5O2. The number of hydrogen-bond donors (Lipinski definition) is 0. The van der Waals surface area contributed by atoms with Crippen molar-refractivity contribution in [1.29, 1.82) is 0 Å². The number of nitrogens with zero attached hydrogens (tertiary/aromatic N) is 5. The van der Waals surface area contributed by atoms with Gasteiger partial charge in [0, 0.05) is 12.4 Å². The zero-order valence-electron chi connectivity index (χ0n) is 15.1. The molecule has 9 heteroatoms. The van der Waals surface area contributed by atoms with Crippen molar-refractivity contribution in [3.05, 3.63) is 47.8 Å². The average molecular weight is 365 g/mol. The van der Waals surface area contributed by atoms with Gasteiger partial charge in [-0.05, 0) is 45.9 Å². The molecular weight excluding hydrogens is 344 g/mol. The molecule has 0 spiro atoms. The van der Waals surface area contributed by atoms with Crippen LogP contribution in [0.25, 0.3) is 0 Å². The van der Waals surface area contributed by atoms with Gasteiger partial charge in [0.2, 0.25) is 0 Å². The van der Waals surface area contributed by atoms with Crippen molar-refractivity contribution >= 4 is 6.09 Å². The quantitative estimate of drug-likeness (QED) is 0.804. The largest absolute Gasteiger partial charge is 0.444 e. The molecule has 7 nitrogen and oxygen atoms in total. The molecule has 26 heavy (non-hydrogen) atoms. The lowest BCUT2D eigenvalue weighted by Crippen LogP contribution is -2.38. The number of ether oxygens (including phenoxy) is 1. The van der Waals surface area contributed by atoms with E-state index < -0.39 is 29.9 Å².